The quantitative estimate of drug-likeness (QED) is 0.433. The fourth-order valence-corrected chi connectivity index (χ4v) is 2.89. The Morgan fingerprint density at radius 3 is 2.30 bits per heavy atom. The van der Waals surface area contributed by atoms with Gasteiger partial charge in [0.2, 0.25) is 11.8 Å². The summed E-state index contributed by atoms with van der Waals surface area (Å²) in [5.74, 6) is 0.363. The molecule has 0 fully saturated rings. The van der Waals surface area contributed by atoms with Gasteiger partial charge in [0.1, 0.15) is 5.75 Å². The van der Waals surface area contributed by atoms with Crippen LogP contribution in [0.2, 0.25) is 5.02 Å². The predicted octanol–water partition coefficient (Wildman–Crippen LogP) is 3.87. The van der Waals surface area contributed by atoms with Gasteiger partial charge in [0.15, 0.2) is 5.78 Å². The van der Waals surface area contributed by atoms with Crippen molar-refractivity contribution in [2.75, 3.05) is 19.7 Å². The van der Waals surface area contributed by atoms with Crippen molar-refractivity contribution in [3.8, 4) is 5.75 Å². The molecule has 0 saturated heterocycles. The summed E-state index contributed by atoms with van der Waals surface area (Å²) in [6.07, 6.45) is 0.833. The van der Waals surface area contributed by atoms with Crippen molar-refractivity contribution in [3.63, 3.8) is 0 Å². The van der Waals surface area contributed by atoms with E-state index < -0.39 is 0 Å². The van der Waals surface area contributed by atoms with E-state index in [0.717, 1.165) is 5.56 Å². The van der Waals surface area contributed by atoms with E-state index in [1.807, 2.05) is 19.1 Å². The van der Waals surface area contributed by atoms with Crippen molar-refractivity contribution in [2.45, 2.75) is 33.2 Å². The minimum atomic E-state index is -0.207. The fourth-order valence-electron chi connectivity index (χ4n) is 2.77. The summed E-state index contributed by atoms with van der Waals surface area (Å²) in [6, 6.07) is 14.1. The van der Waals surface area contributed by atoms with E-state index >= 15 is 0 Å². The van der Waals surface area contributed by atoms with E-state index in [1.165, 1.54) is 11.8 Å². The number of likely N-dealkylation sites (N-methyl/N-ethyl adjacent to an activating group) is 1. The molecule has 0 radical (unpaired) electrons. The van der Waals surface area contributed by atoms with Gasteiger partial charge in [-0.1, -0.05) is 23.7 Å². The molecule has 0 bridgehead atoms. The number of amides is 2. The second-order valence-electron chi connectivity index (χ2n) is 6.84. The number of halogens is 1. The van der Waals surface area contributed by atoms with Gasteiger partial charge in [-0.15, -0.1) is 0 Å². The van der Waals surface area contributed by atoms with Crippen molar-refractivity contribution in [1.29, 1.82) is 0 Å². The summed E-state index contributed by atoms with van der Waals surface area (Å²) in [5.41, 5.74) is 1.57. The molecule has 0 aromatic heterocycles. The molecule has 7 heteroatoms. The number of rotatable bonds is 11. The van der Waals surface area contributed by atoms with Gasteiger partial charge in [0.05, 0.1) is 13.2 Å². The van der Waals surface area contributed by atoms with Crippen molar-refractivity contribution in [1.82, 2.24) is 10.2 Å². The lowest BCUT2D eigenvalue weighted by Crippen LogP contribution is -2.40. The number of hydrogen-bond acceptors (Lipinski definition) is 4. The average molecular weight is 431 g/mol. The minimum Gasteiger partial charge on any atom is -0.494 e. The monoisotopic (exact) mass is 430 g/mol. The first-order valence-corrected chi connectivity index (χ1v) is 10.3. The van der Waals surface area contributed by atoms with Gasteiger partial charge < -0.3 is 15.0 Å². The highest BCUT2D eigenvalue weighted by molar-refractivity contribution is 6.30. The maximum Gasteiger partial charge on any atom is 0.239 e. The molecule has 0 saturated carbocycles. The van der Waals surface area contributed by atoms with Crippen LogP contribution in [0.3, 0.4) is 0 Å². The lowest BCUT2D eigenvalue weighted by Gasteiger charge is -2.20. The number of Topliss-reactive ketones (excluding diaryl/α,β-unsaturated/α-hetero) is 1. The molecule has 0 aliphatic heterocycles. The van der Waals surface area contributed by atoms with Crippen LogP contribution in [0, 0.1) is 0 Å². The van der Waals surface area contributed by atoms with Crippen molar-refractivity contribution in [3.05, 3.63) is 64.7 Å². The van der Waals surface area contributed by atoms with Gasteiger partial charge in [0.25, 0.3) is 0 Å². The van der Waals surface area contributed by atoms with E-state index in [4.69, 9.17) is 16.3 Å². The molecule has 0 aliphatic rings. The summed E-state index contributed by atoms with van der Waals surface area (Å²) in [6.45, 7) is 4.61. The van der Waals surface area contributed by atoms with Crippen LogP contribution in [0.5, 0.6) is 5.75 Å². The zero-order chi connectivity index (χ0) is 21.9. The number of carbonyl (C=O) groups is 3. The fraction of sp³-hybridized carbons (Fsp3) is 0.348. The van der Waals surface area contributed by atoms with Crippen LogP contribution >= 0.6 is 11.6 Å². The number of ether oxygens (including phenoxy) is 1. The molecular formula is C23H27ClN2O4. The summed E-state index contributed by atoms with van der Waals surface area (Å²) in [5, 5.41) is 3.46. The van der Waals surface area contributed by atoms with Crippen LogP contribution < -0.4 is 10.1 Å². The molecule has 2 aromatic carbocycles. The third-order valence-electron chi connectivity index (χ3n) is 4.54. The standard InChI is InChI=1S/C23H27ClN2O4/c1-3-26(16-22(28)25-15-18-6-10-20(24)11-7-18)23(29)5-4-14-30-21-12-8-19(9-13-21)17(2)27/h6-13H,3-5,14-16H2,1-2H3,(H,25,28). The normalized spacial score (nSPS) is 10.4. The largest absolute Gasteiger partial charge is 0.494 e. The average Bonchev–Trinajstić information content (AvgIpc) is 2.74. The van der Waals surface area contributed by atoms with Gasteiger partial charge in [-0.2, -0.15) is 0 Å². The van der Waals surface area contributed by atoms with Gasteiger partial charge in [-0.05, 0) is 62.2 Å². The maximum atomic E-state index is 12.4. The Bertz CT molecular complexity index is 851. The topological polar surface area (TPSA) is 75.7 Å². The first-order valence-electron chi connectivity index (χ1n) is 9.91. The van der Waals surface area contributed by atoms with Crippen LogP contribution in [0.25, 0.3) is 0 Å². The Morgan fingerprint density at radius 2 is 1.70 bits per heavy atom. The van der Waals surface area contributed by atoms with Gasteiger partial charge in [-0.3, -0.25) is 14.4 Å². The number of hydrogen-bond donors (Lipinski definition) is 1. The van der Waals surface area contributed by atoms with Crippen LogP contribution in [-0.2, 0) is 16.1 Å². The molecule has 0 aliphatic carbocycles. The smallest absolute Gasteiger partial charge is 0.239 e. The molecular weight excluding hydrogens is 404 g/mol. The zero-order valence-corrected chi connectivity index (χ0v) is 18.1. The number of nitrogens with zero attached hydrogens (tertiary/aromatic N) is 1. The molecule has 0 unspecified atom stereocenters. The molecule has 0 spiro atoms. The van der Waals surface area contributed by atoms with Gasteiger partial charge in [-0.25, -0.2) is 0 Å². The molecule has 0 atom stereocenters. The van der Waals surface area contributed by atoms with Crippen LogP contribution in [-0.4, -0.2) is 42.2 Å². The van der Waals surface area contributed by atoms with Crippen LogP contribution in [0.4, 0.5) is 0 Å². The van der Waals surface area contributed by atoms with E-state index in [-0.39, 0.29) is 24.1 Å². The number of benzene rings is 2. The summed E-state index contributed by atoms with van der Waals surface area (Å²) in [4.78, 5) is 37.4. The highest BCUT2D eigenvalue weighted by Crippen LogP contribution is 2.13. The van der Waals surface area contributed by atoms with Crippen molar-refractivity contribution in [2.24, 2.45) is 0 Å². The van der Waals surface area contributed by atoms with Crippen molar-refractivity contribution < 1.29 is 19.1 Å². The Kier molecular flexibility index (Phi) is 9.35. The molecule has 0 heterocycles. The lowest BCUT2D eigenvalue weighted by molar-refractivity contribution is -0.136. The first-order chi connectivity index (χ1) is 14.4. The molecule has 2 aromatic rings. The number of ketones is 1. The summed E-state index contributed by atoms with van der Waals surface area (Å²) < 4.78 is 5.61. The molecule has 6 nitrogen and oxygen atoms in total. The second-order valence-corrected chi connectivity index (χ2v) is 7.28. The Morgan fingerprint density at radius 1 is 1.03 bits per heavy atom. The third-order valence-corrected chi connectivity index (χ3v) is 4.79. The van der Waals surface area contributed by atoms with Gasteiger partial charge in [0, 0.05) is 30.1 Å². The maximum absolute atomic E-state index is 12.4. The molecule has 1 N–H and O–H groups in total. The third kappa shape index (κ3) is 7.87. The van der Waals surface area contributed by atoms with E-state index in [9.17, 15) is 14.4 Å². The number of carbonyl (C=O) groups excluding carboxylic acids is 3. The summed E-state index contributed by atoms with van der Waals surface area (Å²) >= 11 is 5.85. The SMILES string of the molecule is CCN(CC(=O)NCc1ccc(Cl)cc1)C(=O)CCCOc1ccc(C(C)=O)cc1. The predicted molar refractivity (Wildman–Crippen MR) is 117 cm³/mol. The zero-order valence-electron chi connectivity index (χ0n) is 17.3. The molecule has 2 amide bonds. The Hall–Kier alpha value is -2.86. The second kappa shape index (κ2) is 12.0. The van der Waals surface area contributed by atoms with Crippen LogP contribution in [0.15, 0.2) is 48.5 Å². The molecule has 2 rings (SSSR count). The summed E-state index contributed by atoms with van der Waals surface area (Å²) in [7, 11) is 0. The minimum absolute atomic E-state index is 0.00371. The van der Waals surface area contributed by atoms with E-state index in [1.54, 1.807) is 36.4 Å². The molecule has 30 heavy (non-hydrogen) atoms. The molecule has 160 valence electrons. The van der Waals surface area contributed by atoms with Crippen LogP contribution in [0.1, 0.15) is 42.6 Å². The first kappa shape index (κ1) is 23.4. The Balaban J connectivity index is 1.69. The van der Waals surface area contributed by atoms with Gasteiger partial charge >= 0.3 is 0 Å². The highest BCUT2D eigenvalue weighted by Gasteiger charge is 2.15. The van der Waals surface area contributed by atoms with E-state index in [0.29, 0.717) is 48.9 Å². The van der Waals surface area contributed by atoms with Crippen molar-refractivity contribution >= 4 is 29.2 Å². The lowest BCUT2D eigenvalue weighted by atomic mass is 10.1. The number of nitrogens with one attached hydrogen (secondary N) is 1. The Labute approximate surface area is 182 Å². The van der Waals surface area contributed by atoms with E-state index in [2.05, 4.69) is 5.32 Å². The highest BCUT2D eigenvalue weighted by atomic mass is 35.5.